The number of hydrogen-bond donors (Lipinski definition) is 2. The third-order valence-electron chi connectivity index (χ3n) is 4.64. The highest BCUT2D eigenvalue weighted by molar-refractivity contribution is 5.92. The average Bonchev–Trinajstić information content (AvgIpc) is 2.65. The van der Waals surface area contributed by atoms with Gasteiger partial charge in [-0.3, -0.25) is 9.59 Å². The lowest BCUT2D eigenvalue weighted by atomic mass is 9.85. The predicted molar refractivity (Wildman–Crippen MR) is 102 cm³/mol. The van der Waals surface area contributed by atoms with E-state index in [1.165, 1.54) is 13.2 Å². The first-order valence-electron chi connectivity index (χ1n) is 8.51. The molecule has 0 aliphatic heterocycles. The molecule has 0 saturated heterocycles. The van der Waals surface area contributed by atoms with Crippen LogP contribution in [-0.4, -0.2) is 30.3 Å². The third kappa shape index (κ3) is 3.51. The molecule has 1 aromatic heterocycles. The fourth-order valence-corrected chi connectivity index (χ4v) is 3.41. The Hall–Kier alpha value is -3.28. The zero-order chi connectivity index (χ0) is 19.6. The number of aryl methyl sites for hydroxylation is 1. The van der Waals surface area contributed by atoms with E-state index in [0.29, 0.717) is 11.4 Å². The summed E-state index contributed by atoms with van der Waals surface area (Å²) in [6, 6.07) is 12.7. The van der Waals surface area contributed by atoms with Crippen molar-refractivity contribution in [2.24, 2.45) is 0 Å². The molecule has 0 aliphatic carbocycles. The fourth-order valence-electron chi connectivity index (χ4n) is 3.41. The van der Waals surface area contributed by atoms with Gasteiger partial charge < -0.3 is 19.6 Å². The van der Waals surface area contributed by atoms with Gasteiger partial charge in [0.25, 0.3) is 5.56 Å². The summed E-state index contributed by atoms with van der Waals surface area (Å²) in [6.45, 7) is 1.68. The minimum Gasteiger partial charge on any atom is -0.507 e. The summed E-state index contributed by atoms with van der Waals surface area (Å²) in [5.41, 5.74) is 0.988. The summed E-state index contributed by atoms with van der Waals surface area (Å²) in [5, 5.41) is 12.2. The number of benzene rings is 2. The van der Waals surface area contributed by atoms with Gasteiger partial charge in [-0.25, -0.2) is 0 Å². The predicted octanol–water partition coefficient (Wildman–Crippen LogP) is 3.25. The van der Waals surface area contributed by atoms with Crippen molar-refractivity contribution in [3.05, 3.63) is 69.6 Å². The molecule has 1 heterocycles. The standard InChI is InChI=1S/C21H21NO5/c1-12-10-17(23)20(21(25)22-12)16(11-19(24)27-3)14-8-9-18(26-2)15-7-5-4-6-13(14)15/h4-10,16H,11H2,1-3H3,(H2,22,23,25)/t16-/m0/s1. The van der Waals surface area contributed by atoms with Crippen LogP contribution in [0.4, 0.5) is 0 Å². The lowest BCUT2D eigenvalue weighted by Gasteiger charge is -2.20. The van der Waals surface area contributed by atoms with E-state index in [-0.39, 0.29) is 17.7 Å². The van der Waals surface area contributed by atoms with Gasteiger partial charge in [-0.15, -0.1) is 0 Å². The van der Waals surface area contributed by atoms with Gasteiger partial charge in [-0.1, -0.05) is 30.3 Å². The number of pyridine rings is 1. The molecular weight excluding hydrogens is 346 g/mol. The first kappa shape index (κ1) is 18.5. The van der Waals surface area contributed by atoms with Crippen LogP contribution in [0.3, 0.4) is 0 Å². The molecule has 1 atom stereocenters. The molecule has 0 amide bonds. The van der Waals surface area contributed by atoms with Crippen molar-refractivity contribution in [3.63, 3.8) is 0 Å². The molecule has 0 aliphatic rings. The van der Waals surface area contributed by atoms with Gasteiger partial charge >= 0.3 is 5.97 Å². The number of carbonyl (C=O) groups is 1. The molecule has 0 unspecified atom stereocenters. The summed E-state index contributed by atoms with van der Waals surface area (Å²) in [4.78, 5) is 27.4. The molecule has 0 fully saturated rings. The Morgan fingerprint density at radius 1 is 1.15 bits per heavy atom. The van der Waals surface area contributed by atoms with E-state index in [4.69, 9.17) is 9.47 Å². The highest BCUT2D eigenvalue weighted by atomic mass is 16.5. The molecule has 2 aromatic carbocycles. The number of H-pyrrole nitrogens is 1. The number of aromatic hydroxyl groups is 1. The largest absolute Gasteiger partial charge is 0.507 e. The minimum atomic E-state index is -0.669. The molecule has 6 heteroatoms. The normalized spacial score (nSPS) is 12.0. The number of aromatic nitrogens is 1. The van der Waals surface area contributed by atoms with E-state index < -0.39 is 17.4 Å². The average molecular weight is 367 g/mol. The number of rotatable bonds is 5. The zero-order valence-electron chi connectivity index (χ0n) is 15.4. The van der Waals surface area contributed by atoms with E-state index >= 15 is 0 Å². The molecule has 3 rings (SSSR count). The summed E-state index contributed by atoms with van der Waals surface area (Å²) in [7, 11) is 2.88. The number of aromatic amines is 1. The maximum Gasteiger partial charge on any atom is 0.306 e. The van der Waals surface area contributed by atoms with Crippen LogP contribution in [0.25, 0.3) is 10.8 Å². The van der Waals surface area contributed by atoms with Crippen molar-refractivity contribution in [1.82, 2.24) is 4.98 Å². The van der Waals surface area contributed by atoms with Gasteiger partial charge in [0.1, 0.15) is 11.5 Å². The summed E-state index contributed by atoms with van der Waals surface area (Å²) in [6.07, 6.45) is -0.0769. The number of hydrogen-bond acceptors (Lipinski definition) is 5. The van der Waals surface area contributed by atoms with E-state index in [0.717, 1.165) is 16.3 Å². The van der Waals surface area contributed by atoms with Crippen molar-refractivity contribution in [2.75, 3.05) is 14.2 Å². The van der Waals surface area contributed by atoms with Crippen molar-refractivity contribution < 1.29 is 19.4 Å². The maximum absolute atomic E-state index is 12.6. The van der Waals surface area contributed by atoms with Crippen molar-refractivity contribution in [3.8, 4) is 11.5 Å². The fraction of sp³-hybridized carbons (Fsp3) is 0.238. The van der Waals surface area contributed by atoms with Crippen molar-refractivity contribution in [1.29, 1.82) is 0 Å². The van der Waals surface area contributed by atoms with Gasteiger partial charge in [0.2, 0.25) is 0 Å². The third-order valence-corrected chi connectivity index (χ3v) is 4.64. The smallest absolute Gasteiger partial charge is 0.306 e. The van der Waals surface area contributed by atoms with Crippen LogP contribution in [0.15, 0.2) is 47.3 Å². The maximum atomic E-state index is 12.6. The van der Waals surface area contributed by atoms with Gasteiger partial charge in [0.05, 0.1) is 26.2 Å². The molecule has 0 spiro atoms. The quantitative estimate of drug-likeness (QED) is 0.676. The topological polar surface area (TPSA) is 88.6 Å². The Balaban J connectivity index is 2.29. The van der Waals surface area contributed by atoms with Crippen LogP contribution < -0.4 is 10.3 Å². The number of esters is 1. The molecule has 0 radical (unpaired) electrons. The van der Waals surface area contributed by atoms with Gasteiger partial charge in [-0.2, -0.15) is 0 Å². The first-order chi connectivity index (χ1) is 13.0. The Labute approximate surface area is 156 Å². The molecule has 27 heavy (non-hydrogen) atoms. The second-order valence-electron chi connectivity index (χ2n) is 6.32. The number of ether oxygens (including phenoxy) is 2. The molecule has 140 valence electrons. The van der Waals surface area contributed by atoms with Crippen LogP contribution in [0.5, 0.6) is 11.5 Å². The van der Waals surface area contributed by atoms with Crippen LogP contribution in [-0.2, 0) is 9.53 Å². The lowest BCUT2D eigenvalue weighted by Crippen LogP contribution is -2.21. The Morgan fingerprint density at radius 2 is 1.85 bits per heavy atom. The summed E-state index contributed by atoms with van der Waals surface area (Å²) in [5.74, 6) is -0.602. The van der Waals surface area contributed by atoms with E-state index in [1.807, 2.05) is 30.3 Å². The molecule has 6 nitrogen and oxygen atoms in total. The number of nitrogens with one attached hydrogen (secondary N) is 1. The molecule has 0 saturated carbocycles. The molecule has 3 aromatic rings. The van der Waals surface area contributed by atoms with Crippen LogP contribution in [0.2, 0.25) is 0 Å². The van der Waals surface area contributed by atoms with Gasteiger partial charge in [0.15, 0.2) is 0 Å². The molecule has 0 bridgehead atoms. The van der Waals surface area contributed by atoms with E-state index in [9.17, 15) is 14.7 Å². The Morgan fingerprint density at radius 3 is 2.48 bits per heavy atom. The van der Waals surface area contributed by atoms with E-state index in [2.05, 4.69) is 4.98 Å². The van der Waals surface area contributed by atoms with Crippen molar-refractivity contribution >= 4 is 16.7 Å². The summed E-state index contributed by atoms with van der Waals surface area (Å²) >= 11 is 0. The monoisotopic (exact) mass is 367 g/mol. The van der Waals surface area contributed by atoms with E-state index in [1.54, 1.807) is 20.1 Å². The second kappa shape index (κ2) is 7.53. The lowest BCUT2D eigenvalue weighted by molar-refractivity contribution is -0.140. The highest BCUT2D eigenvalue weighted by Crippen LogP contribution is 2.38. The Bertz CT molecular complexity index is 1050. The number of carbonyl (C=O) groups excluding carboxylic acids is 1. The van der Waals surface area contributed by atoms with Crippen LogP contribution in [0, 0.1) is 6.92 Å². The van der Waals surface area contributed by atoms with Crippen LogP contribution in [0.1, 0.15) is 29.2 Å². The van der Waals surface area contributed by atoms with Gasteiger partial charge in [0, 0.05) is 17.0 Å². The van der Waals surface area contributed by atoms with Crippen molar-refractivity contribution in [2.45, 2.75) is 19.3 Å². The van der Waals surface area contributed by atoms with Gasteiger partial charge in [-0.05, 0) is 30.0 Å². The second-order valence-corrected chi connectivity index (χ2v) is 6.32. The summed E-state index contributed by atoms with van der Waals surface area (Å²) < 4.78 is 10.3. The number of methoxy groups -OCH3 is 2. The Kier molecular flexibility index (Phi) is 5.16. The molecule has 2 N–H and O–H groups in total. The van der Waals surface area contributed by atoms with Crippen LogP contribution >= 0.6 is 0 Å². The molecular formula is C21H21NO5. The number of fused-ring (bicyclic) bond motifs is 1. The highest BCUT2D eigenvalue weighted by Gasteiger charge is 2.27. The first-order valence-corrected chi connectivity index (χ1v) is 8.51. The zero-order valence-corrected chi connectivity index (χ0v) is 15.4. The SMILES string of the molecule is COC(=O)C[C@H](c1c(O)cc(C)[nH]c1=O)c1ccc(OC)c2ccccc12. The minimum absolute atomic E-state index is 0.0769.